The molecule has 0 amide bonds. The zero-order chi connectivity index (χ0) is 12.3. The highest BCUT2D eigenvalue weighted by atomic mass is 32.2. The summed E-state index contributed by atoms with van der Waals surface area (Å²) in [7, 11) is -2.03. The van der Waals surface area contributed by atoms with Crippen molar-refractivity contribution >= 4 is 32.2 Å². The Hall–Kier alpha value is -1.74. The summed E-state index contributed by atoms with van der Waals surface area (Å²) in [5.74, 6) is 0. The van der Waals surface area contributed by atoms with Crippen LogP contribution in [0, 0.1) is 0 Å². The van der Waals surface area contributed by atoms with E-state index in [0.717, 1.165) is 11.5 Å². The molecule has 0 saturated heterocycles. The van der Waals surface area contributed by atoms with E-state index in [1.54, 1.807) is 13.1 Å². The molecular formula is C8H9N5O2S2. The minimum atomic E-state index is -3.67. The van der Waals surface area contributed by atoms with E-state index in [1.807, 2.05) is 0 Å². The van der Waals surface area contributed by atoms with Crippen LogP contribution in [0.15, 0.2) is 29.6 Å². The Balaban J connectivity index is 2.38. The third kappa shape index (κ3) is 2.50. The van der Waals surface area contributed by atoms with Gasteiger partial charge in [-0.25, -0.2) is 8.42 Å². The van der Waals surface area contributed by atoms with Crippen LogP contribution in [0.5, 0.6) is 0 Å². The largest absolute Gasteiger partial charge is 0.387 e. The lowest BCUT2D eigenvalue weighted by molar-refractivity contribution is 0.601. The maximum Gasteiger partial charge on any atom is 0.266 e. The van der Waals surface area contributed by atoms with Gasteiger partial charge in [-0.1, -0.05) is 4.49 Å². The smallest absolute Gasteiger partial charge is 0.266 e. The van der Waals surface area contributed by atoms with Crippen LogP contribution in [0.2, 0.25) is 0 Å². The highest BCUT2D eigenvalue weighted by Gasteiger charge is 2.19. The van der Waals surface area contributed by atoms with E-state index >= 15 is 0 Å². The van der Waals surface area contributed by atoms with Gasteiger partial charge in [-0.05, 0) is 6.07 Å². The van der Waals surface area contributed by atoms with Gasteiger partial charge in [0, 0.05) is 31.0 Å². The van der Waals surface area contributed by atoms with Gasteiger partial charge in [-0.2, -0.15) is 0 Å². The monoisotopic (exact) mass is 271 g/mol. The van der Waals surface area contributed by atoms with E-state index in [1.165, 1.54) is 18.6 Å². The molecule has 0 bridgehead atoms. The fourth-order valence-corrected chi connectivity index (χ4v) is 3.04. The van der Waals surface area contributed by atoms with Gasteiger partial charge < -0.3 is 5.32 Å². The Morgan fingerprint density at radius 2 is 2.18 bits per heavy atom. The summed E-state index contributed by atoms with van der Waals surface area (Å²) >= 11 is 0.966. The van der Waals surface area contributed by atoms with Crippen molar-refractivity contribution in [1.29, 1.82) is 0 Å². The van der Waals surface area contributed by atoms with Gasteiger partial charge in [-0.15, -0.1) is 5.10 Å². The second-order valence-corrected chi connectivity index (χ2v) is 5.45. The molecule has 2 aromatic rings. The molecule has 0 atom stereocenters. The molecular weight excluding hydrogens is 262 g/mol. The van der Waals surface area contributed by atoms with Gasteiger partial charge >= 0.3 is 0 Å². The number of hydrogen-bond acceptors (Lipinski definition) is 7. The number of aromatic nitrogens is 3. The van der Waals surface area contributed by atoms with Gasteiger partial charge in [0.2, 0.25) is 0 Å². The van der Waals surface area contributed by atoms with Crippen LogP contribution < -0.4 is 10.0 Å². The first-order valence-corrected chi connectivity index (χ1v) is 6.81. The van der Waals surface area contributed by atoms with Crippen LogP contribution in [0.4, 0.5) is 10.7 Å². The quantitative estimate of drug-likeness (QED) is 0.852. The highest BCUT2D eigenvalue weighted by Crippen LogP contribution is 2.22. The minimum absolute atomic E-state index is 0.0795. The van der Waals surface area contributed by atoms with Crippen molar-refractivity contribution in [1.82, 2.24) is 14.6 Å². The highest BCUT2D eigenvalue weighted by molar-refractivity contribution is 7.93. The lowest BCUT2D eigenvalue weighted by Crippen LogP contribution is -2.14. The standard InChI is InChI=1S/C8H9N5O2S2/c1-9-6-2-3-10-4-7(6)17(14,15)12-8-5-11-13-16-8/h2-5,12H,1H3,(H,9,10). The number of hydrogen-bond donors (Lipinski definition) is 2. The first-order valence-electron chi connectivity index (χ1n) is 4.55. The number of nitrogens with zero attached hydrogens (tertiary/aromatic N) is 3. The van der Waals surface area contributed by atoms with E-state index in [2.05, 4.69) is 24.6 Å². The van der Waals surface area contributed by atoms with E-state index in [4.69, 9.17) is 0 Å². The molecule has 9 heteroatoms. The molecule has 0 spiro atoms. The second kappa shape index (κ2) is 4.63. The van der Waals surface area contributed by atoms with E-state index in [-0.39, 0.29) is 4.90 Å². The molecule has 0 saturated carbocycles. The maximum absolute atomic E-state index is 12.0. The predicted octanol–water partition coefficient (Wildman–Crippen LogP) is 0.776. The second-order valence-electron chi connectivity index (χ2n) is 3.01. The molecule has 17 heavy (non-hydrogen) atoms. The third-order valence-corrected chi connectivity index (χ3v) is 4.04. The lowest BCUT2D eigenvalue weighted by Gasteiger charge is -2.09. The van der Waals surface area contributed by atoms with Crippen LogP contribution in [-0.4, -0.2) is 30.0 Å². The summed E-state index contributed by atoms with van der Waals surface area (Å²) in [6, 6.07) is 1.58. The van der Waals surface area contributed by atoms with Crippen molar-refractivity contribution in [3.05, 3.63) is 24.7 Å². The molecule has 0 radical (unpaired) electrons. The molecule has 2 heterocycles. The van der Waals surface area contributed by atoms with Crippen molar-refractivity contribution in [2.24, 2.45) is 0 Å². The summed E-state index contributed by atoms with van der Waals surface area (Å²) in [4.78, 5) is 3.88. The number of anilines is 2. The van der Waals surface area contributed by atoms with Gasteiger partial charge in [0.05, 0.1) is 11.9 Å². The maximum atomic E-state index is 12.0. The molecule has 0 aliphatic rings. The fraction of sp³-hybridized carbons (Fsp3) is 0.125. The van der Waals surface area contributed by atoms with Crippen molar-refractivity contribution in [3.8, 4) is 0 Å². The van der Waals surface area contributed by atoms with Crippen molar-refractivity contribution in [2.45, 2.75) is 4.90 Å². The van der Waals surface area contributed by atoms with Crippen LogP contribution >= 0.6 is 11.5 Å². The summed E-state index contributed by atoms with van der Waals surface area (Å²) in [5, 5.41) is 6.70. The SMILES string of the molecule is CNc1ccncc1S(=O)(=O)Nc1cnns1. The van der Waals surface area contributed by atoms with Gasteiger partial charge in [0.15, 0.2) is 0 Å². The molecule has 2 rings (SSSR count). The van der Waals surface area contributed by atoms with E-state index in [0.29, 0.717) is 10.7 Å². The number of rotatable bonds is 4. The molecule has 0 fully saturated rings. The van der Waals surface area contributed by atoms with Crippen molar-refractivity contribution in [3.63, 3.8) is 0 Å². The van der Waals surface area contributed by atoms with Crippen LogP contribution in [0.25, 0.3) is 0 Å². The topological polar surface area (TPSA) is 96.9 Å². The van der Waals surface area contributed by atoms with Gasteiger partial charge in [-0.3, -0.25) is 9.71 Å². The molecule has 0 unspecified atom stereocenters. The third-order valence-electron chi connectivity index (χ3n) is 1.94. The van der Waals surface area contributed by atoms with Crippen LogP contribution in [0.3, 0.4) is 0 Å². The average molecular weight is 271 g/mol. The zero-order valence-corrected chi connectivity index (χ0v) is 10.4. The fourth-order valence-electron chi connectivity index (χ4n) is 1.20. The Morgan fingerprint density at radius 1 is 1.35 bits per heavy atom. The first-order chi connectivity index (χ1) is 8.13. The predicted molar refractivity (Wildman–Crippen MR) is 64.5 cm³/mol. The molecule has 2 N–H and O–H groups in total. The Kier molecular flexibility index (Phi) is 3.20. The molecule has 7 nitrogen and oxygen atoms in total. The Labute approximate surface area is 102 Å². The number of nitrogens with one attached hydrogen (secondary N) is 2. The van der Waals surface area contributed by atoms with Crippen LogP contribution in [-0.2, 0) is 10.0 Å². The van der Waals surface area contributed by atoms with Gasteiger partial charge in [0.25, 0.3) is 10.0 Å². The molecule has 0 aliphatic heterocycles. The van der Waals surface area contributed by atoms with E-state index < -0.39 is 10.0 Å². The Morgan fingerprint density at radius 3 is 2.82 bits per heavy atom. The summed E-state index contributed by atoms with van der Waals surface area (Å²) in [6.07, 6.45) is 4.14. The summed E-state index contributed by atoms with van der Waals surface area (Å²) < 4.78 is 30.0. The number of sulfonamides is 1. The minimum Gasteiger partial charge on any atom is -0.387 e. The lowest BCUT2D eigenvalue weighted by atomic mass is 10.4. The molecule has 2 aromatic heterocycles. The zero-order valence-electron chi connectivity index (χ0n) is 8.78. The van der Waals surface area contributed by atoms with Crippen molar-refractivity contribution in [2.75, 3.05) is 17.1 Å². The average Bonchev–Trinajstić information content (AvgIpc) is 2.81. The molecule has 90 valence electrons. The number of pyridine rings is 1. The van der Waals surface area contributed by atoms with Crippen LogP contribution in [0.1, 0.15) is 0 Å². The first kappa shape index (κ1) is 11.7. The Bertz CT molecular complexity index is 596. The summed E-state index contributed by atoms with van der Waals surface area (Å²) in [5.41, 5.74) is 0.477. The van der Waals surface area contributed by atoms with Gasteiger partial charge in [0.1, 0.15) is 9.90 Å². The molecule has 0 aromatic carbocycles. The summed E-state index contributed by atoms with van der Waals surface area (Å²) in [6.45, 7) is 0. The van der Waals surface area contributed by atoms with Crippen molar-refractivity contribution < 1.29 is 8.42 Å². The molecule has 0 aliphatic carbocycles. The normalized spacial score (nSPS) is 11.1. The van der Waals surface area contributed by atoms with E-state index in [9.17, 15) is 8.42 Å².